The molecule has 1 aromatic heterocycles. The van der Waals surface area contributed by atoms with Gasteiger partial charge in [0.25, 0.3) is 0 Å². The molecule has 4 fully saturated rings. The molecule has 280 valence electrons. The van der Waals surface area contributed by atoms with Gasteiger partial charge in [-0.05, 0) is 128 Å². The van der Waals surface area contributed by atoms with Gasteiger partial charge in [0.15, 0.2) is 0 Å². The largest absolute Gasteiger partial charge is 0.358 e. The first-order valence-corrected chi connectivity index (χ1v) is 20.5. The summed E-state index contributed by atoms with van der Waals surface area (Å²) in [5.41, 5.74) is 6.54. The molecule has 0 saturated heterocycles. The first-order chi connectivity index (χ1) is 25.2. The Hall–Kier alpha value is -3.78. The molecule has 8 rings (SSSR count). The van der Waals surface area contributed by atoms with Gasteiger partial charge in [-0.1, -0.05) is 101 Å². The number of benzene rings is 2. The maximum absolute atomic E-state index is 15.0. The number of carbonyl (C=O) groups excluding carboxylic acids is 2. The van der Waals surface area contributed by atoms with Gasteiger partial charge in [-0.2, -0.15) is 0 Å². The third-order valence-electron chi connectivity index (χ3n) is 16.9. The summed E-state index contributed by atoms with van der Waals surface area (Å²) < 4.78 is 0. The Kier molecular flexibility index (Phi) is 8.64. The zero-order valence-electron chi connectivity index (χ0n) is 33.0. The summed E-state index contributed by atoms with van der Waals surface area (Å²) in [6, 6.07) is 18.3. The summed E-state index contributed by atoms with van der Waals surface area (Å²) in [5.74, 6) is 4.55. The Morgan fingerprint density at radius 3 is 2.38 bits per heavy atom. The number of fused-ring (bicyclic) bond motifs is 10. The predicted molar refractivity (Wildman–Crippen MR) is 215 cm³/mol. The van der Waals surface area contributed by atoms with E-state index < -0.39 is 11.5 Å². The number of hydrogen-bond donors (Lipinski definition) is 3. The van der Waals surface area contributed by atoms with Gasteiger partial charge in [-0.15, -0.1) is 6.42 Å². The van der Waals surface area contributed by atoms with Crippen molar-refractivity contribution in [2.45, 2.75) is 117 Å². The second-order valence-corrected chi connectivity index (χ2v) is 19.4. The van der Waals surface area contributed by atoms with Crippen molar-refractivity contribution in [1.29, 1.82) is 0 Å². The zero-order chi connectivity index (χ0) is 37.6. The minimum Gasteiger partial charge on any atom is -0.358 e. The average Bonchev–Trinajstić information content (AvgIpc) is 3.71. The number of aromatic nitrogens is 1. The molecule has 5 aliphatic rings. The van der Waals surface area contributed by atoms with E-state index in [2.05, 4.69) is 93.9 Å². The van der Waals surface area contributed by atoms with E-state index in [1.54, 1.807) is 5.56 Å². The fourth-order valence-electron chi connectivity index (χ4n) is 14.4. The van der Waals surface area contributed by atoms with E-state index in [4.69, 9.17) is 6.42 Å². The molecule has 2 amide bonds. The lowest BCUT2D eigenvalue weighted by Crippen LogP contribution is -2.67. The maximum Gasteiger partial charge on any atom is 0.243 e. The normalized spacial score (nSPS) is 37.1. The van der Waals surface area contributed by atoms with Crippen molar-refractivity contribution in [2.75, 3.05) is 6.54 Å². The van der Waals surface area contributed by atoms with E-state index in [9.17, 15) is 4.79 Å². The molecule has 0 unspecified atom stereocenters. The lowest BCUT2D eigenvalue weighted by Gasteiger charge is -2.72. The van der Waals surface area contributed by atoms with Gasteiger partial charge in [0.1, 0.15) is 6.04 Å². The van der Waals surface area contributed by atoms with Crippen LogP contribution in [0.25, 0.3) is 10.9 Å². The topological polar surface area (TPSA) is 74.0 Å². The summed E-state index contributed by atoms with van der Waals surface area (Å²) >= 11 is 0. The third kappa shape index (κ3) is 5.17. The number of para-hydroxylation sites is 1. The van der Waals surface area contributed by atoms with Gasteiger partial charge in [-0.25, -0.2) is 0 Å². The number of nitrogens with one attached hydrogen (secondary N) is 3. The van der Waals surface area contributed by atoms with Gasteiger partial charge >= 0.3 is 0 Å². The van der Waals surface area contributed by atoms with Crippen LogP contribution in [0.15, 0.2) is 66.7 Å². The Bertz CT molecular complexity index is 1990. The molecule has 4 saturated carbocycles. The van der Waals surface area contributed by atoms with Crippen LogP contribution in [0.2, 0.25) is 0 Å². The SMILES string of the molecule is C#CCNC(=O)[C@H](Cc1ccccc1)NC(=O)[C@]12CC[C@@H](C(=C)C)[C@@H]1[C@H]1CC[C@@H]3[C@@]4(C)Cc5c([nH]c6ccccc56)C(C)(C)[C@@H]4CC[C@@]3(C)[C@]1(C)CC2. The number of terminal acetylenes is 1. The Morgan fingerprint density at radius 2 is 1.64 bits per heavy atom. The average molecular weight is 712 g/mol. The number of rotatable bonds is 7. The van der Waals surface area contributed by atoms with Crippen molar-refractivity contribution in [2.24, 2.45) is 51.2 Å². The number of amides is 2. The molecule has 5 nitrogen and oxygen atoms in total. The Labute approximate surface area is 317 Å². The number of hydrogen-bond acceptors (Lipinski definition) is 2. The minimum absolute atomic E-state index is 0.0638. The molecular weight excluding hydrogens is 651 g/mol. The second-order valence-electron chi connectivity index (χ2n) is 19.4. The number of carbonyl (C=O) groups is 2. The second kappa shape index (κ2) is 12.6. The van der Waals surface area contributed by atoms with Crippen LogP contribution in [0.1, 0.15) is 110 Å². The van der Waals surface area contributed by atoms with Crippen LogP contribution in [0, 0.1) is 63.6 Å². The molecule has 10 atom stereocenters. The van der Waals surface area contributed by atoms with Gasteiger partial charge in [-0.3, -0.25) is 9.59 Å². The summed E-state index contributed by atoms with van der Waals surface area (Å²) in [5, 5.41) is 7.64. The standard InChI is InChI=1S/C48H61N3O2/c1-9-27-49-42(52)37(28-31-15-11-10-12-16-31)51-43(53)48-24-21-32(30(2)3)40(48)35-19-20-39-45(6)29-34-33-17-13-14-18-36(33)50-41(34)44(4,5)38(45)22-23-47(39,8)46(35,7)25-26-48/h1,10-18,32,35,37-40,50H,2,19-29H2,3-8H3,(H,49,52)(H,51,53)/t32-,35+,37-,38-,39+,40+,45-,46+,47+,48-/m0/s1. The highest BCUT2D eigenvalue weighted by atomic mass is 16.2. The first kappa shape index (κ1) is 36.2. The Morgan fingerprint density at radius 1 is 0.906 bits per heavy atom. The molecule has 3 aromatic rings. The van der Waals surface area contributed by atoms with Gasteiger partial charge in [0, 0.05) is 28.4 Å². The van der Waals surface area contributed by atoms with Crippen molar-refractivity contribution < 1.29 is 9.59 Å². The monoisotopic (exact) mass is 711 g/mol. The molecule has 3 N–H and O–H groups in total. The van der Waals surface area contributed by atoms with E-state index in [1.807, 2.05) is 30.3 Å². The smallest absolute Gasteiger partial charge is 0.243 e. The highest BCUT2D eigenvalue weighted by Gasteiger charge is 2.72. The van der Waals surface area contributed by atoms with E-state index >= 15 is 4.79 Å². The molecule has 5 heteroatoms. The van der Waals surface area contributed by atoms with Crippen LogP contribution in [0.5, 0.6) is 0 Å². The van der Waals surface area contributed by atoms with E-state index in [0.29, 0.717) is 30.1 Å². The highest BCUT2D eigenvalue weighted by Crippen LogP contribution is 2.77. The highest BCUT2D eigenvalue weighted by molar-refractivity contribution is 5.91. The lowest BCUT2D eigenvalue weighted by molar-refractivity contribution is -0.225. The van der Waals surface area contributed by atoms with Gasteiger partial charge in [0.05, 0.1) is 12.0 Å². The van der Waals surface area contributed by atoms with Crippen LogP contribution in [0.3, 0.4) is 0 Å². The zero-order valence-corrected chi connectivity index (χ0v) is 33.0. The maximum atomic E-state index is 15.0. The summed E-state index contributed by atoms with van der Waals surface area (Å²) in [4.78, 5) is 32.5. The summed E-state index contributed by atoms with van der Waals surface area (Å²) in [6.07, 6.45) is 15.7. The van der Waals surface area contributed by atoms with Crippen LogP contribution in [-0.2, 0) is 27.8 Å². The van der Waals surface area contributed by atoms with Crippen molar-refractivity contribution in [3.05, 3.63) is 83.6 Å². The number of allylic oxidation sites excluding steroid dienone is 1. The first-order valence-electron chi connectivity index (χ1n) is 20.5. The van der Waals surface area contributed by atoms with Crippen molar-refractivity contribution in [3.63, 3.8) is 0 Å². The molecule has 53 heavy (non-hydrogen) atoms. The third-order valence-corrected chi connectivity index (χ3v) is 16.9. The fourth-order valence-corrected chi connectivity index (χ4v) is 14.4. The Balaban J connectivity index is 1.14. The molecule has 2 aromatic carbocycles. The van der Waals surface area contributed by atoms with Gasteiger partial charge in [0.2, 0.25) is 11.8 Å². The molecule has 0 aliphatic heterocycles. The van der Waals surface area contributed by atoms with Crippen molar-refractivity contribution in [3.8, 4) is 12.3 Å². The van der Waals surface area contributed by atoms with E-state index in [-0.39, 0.29) is 45.9 Å². The van der Waals surface area contributed by atoms with E-state index in [0.717, 1.165) is 44.1 Å². The van der Waals surface area contributed by atoms with E-state index in [1.165, 1.54) is 41.4 Å². The van der Waals surface area contributed by atoms with Crippen LogP contribution >= 0.6 is 0 Å². The lowest BCUT2D eigenvalue weighted by atomic mass is 9.32. The quantitative estimate of drug-likeness (QED) is 0.169. The molecule has 0 bridgehead atoms. The van der Waals surface area contributed by atoms with Crippen LogP contribution < -0.4 is 10.6 Å². The summed E-state index contributed by atoms with van der Waals surface area (Å²) in [7, 11) is 0. The number of H-pyrrole nitrogens is 1. The fraction of sp³-hybridized carbons (Fsp3) is 0.583. The minimum atomic E-state index is -0.682. The predicted octanol–water partition coefficient (Wildman–Crippen LogP) is 9.32. The summed E-state index contributed by atoms with van der Waals surface area (Å²) in [6.45, 7) is 19.9. The van der Waals surface area contributed by atoms with Crippen LogP contribution in [-0.4, -0.2) is 29.4 Å². The molecule has 5 aliphatic carbocycles. The van der Waals surface area contributed by atoms with Crippen LogP contribution in [0.4, 0.5) is 0 Å². The molecular formula is C48H61N3O2. The molecule has 0 radical (unpaired) electrons. The van der Waals surface area contributed by atoms with Crippen molar-refractivity contribution in [1.82, 2.24) is 15.6 Å². The number of aromatic amines is 1. The molecule has 0 spiro atoms. The van der Waals surface area contributed by atoms with Crippen molar-refractivity contribution >= 4 is 22.7 Å². The van der Waals surface area contributed by atoms with Gasteiger partial charge < -0.3 is 15.6 Å². The molecule has 1 heterocycles.